The fraction of sp³-hybridized carbons (Fsp3) is 0.294. The molecule has 0 fully saturated rings. The maximum absolute atomic E-state index is 13.2. The first-order valence-electron chi connectivity index (χ1n) is 6.93. The minimum atomic E-state index is -0.211. The number of rotatable bonds is 5. The molecule has 2 rings (SSSR count). The third-order valence-electron chi connectivity index (χ3n) is 3.63. The highest BCUT2D eigenvalue weighted by atomic mass is 35.5. The van der Waals surface area contributed by atoms with Crippen molar-refractivity contribution < 1.29 is 4.39 Å². The molecule has 0 saturated carbocycles. The Kier molecular flexibility index (Phi) is 5.21. The number of hydrogen-bond donors (Lipinski definition) is 1. The van der Waals surface area contributed by atoms with Crippen molar-refractivity contribution in [1.29, 1.82) is 0 Å². The summed E-state index contributed by atoms with van der Waals surface area (Å²) in [7, 11) is 3.88. The van der Waals surface area contributed by atoms with Gasteiger partial charge in [-0.1, -0.05) is 29.8 Å². The molecule has 0 bridgehead atoms. The summed E-state index contributed by atoms with van der Waals surface area (Å²) in [5.41, 5.74) is 3.01. The summed E-state index contributed by atoms with van der Waals surface area (Å²) >= 11 is 6.35. The SMILES string of the molecule is CNC(C)c1ccc(N(C)Cc2cccc(F)c2)cc1Cl. The molecule has 1 atom stereocenters. The van der Waals surface area contributed by atoms with Crippen LogP contribution < -0.4 is 10.2 Å². The predicted octanol–water partition coefficient (Wildman–Crippen LogP) is 4.40. The van der Waals surface area contributed by atoms with Crippen LogP contribution >= 0.6 is 11.6 Å². The van der Waals surface area contributed by atoms with E-state index in [0.29, 0.717) is 6.54 Å². The van der Waals surface area contributed by atoms with Gasteiger partial charge in [0.25, 0.3) is 0 Å². The van der Waals surface area contributed by atoms with Gasteiger partial charge in [0.1, 0.15) is 5.82 Å². The van der Waals surface area contributed by atoms with Crippen LogP contribution in [0.1, 0.15) is 24.1 Å². The zero-order valence-corrected chi connectivity index (χ0v) is 13.3. The van der Waals surface area contributed by atoms with Crippen LogP contribution in [0, 0.1) is 5.82 Å². The Hall–Kier alpha value is -1.58. The Morgan fingerprint density at radius 3 is 2.62 bits per heavy atom. The van der Waals surface area contributed by atoms with Gasteiger partial charge < -0.3 is 10.2 Å². The van der Waals surface area contributed by atoms with Gasteiger partial charge in [0.2, 0.25) is 0 Å². The summed E-state index contributed by atoms with van der Waals surface area (Å²) in [5, 5.41) is 3.91. The van der Waals surface area contributed by atoms with Crippen molar-refractivity contribution in [2.45, 2.75) is 19.5 Å². The van der Waals surface area contributed by atoms with E-state index in [1.165, 1.54) is 6.07 Å². The van der Waals surface area contributed by atoms with Gasteiger partial charge in [-0.25, -0.2) is 4.39 Å². The lowest BCUT2D eigenvalue weighted by atomic mass is 10.1. The highest BCUT2D eigenvalue weighted by molar-refractivity contribution is 6.31. The molecule has 21 heavy (non-hydrogen) atoms. The second-order valence-electron chi connectivity index (χ2n) is 5.20. The summed E-state index contributed by atoms with van der Waals surface area (Å²) in [6.07, 6.45) is 0. The lowest BCUT2D eigenvalue weighted by Gasteiger charge is -2.21. The highest BCUT2D eigenvalue weighted by Crippen LogP contribution is 2.28. The number of nitrogens with zero attached hydrogens (tertiary/aromatic N) is 1. The summed E-state index contributed by atoms with van der Waals surface area (Å²) in [5.74, 6) is -0.211. The zero-order valence-electron chi connectivity index (χ0n) is 12.5. The normalized spacial score (nSPS) is 12.2. The van der Waals surface area contributed by atoms with Crippen molar-refractivity contribution >= 4 is 17.3 Å². The smallest absolute Gasteiger partial charge is 0.123 e. The minimum Gasteiger partial charge on any atom is -0.370 e. The van der Waals surface area contributed by atoms with Crippen LogP contribution in [-0.2, 0) is 6.54 Å². The molecule has 0 amide bonds. The van der Waals surface area contributed by atoms with Crippen molar-refractivity contribution in [3.63, 3.8) is 0 Å². The third kappa shape index (κ3) is 3.96. The van der Waals surface area contributed by atoms with Crippen LogP contribution in [-0.4, -0.2) is 14.1 Å². The summed E-state index contributed by atoms with van der Waals surface area (Å²) in [6.45, 7) is 2.70. The molecule has 0 aliphatic rings. The zero-order chi connectivity index (χ0) is 15.4. The van der Waals surface area contributed by atoms with Gasteiger partial charge in [-0.2, -0.15) is 0 Å². The molecule has 0 heterocycles. The second-order valence-corrected chi connectivity index (χ2v) is 5.61. The van der Waals surface area contributed by atoms with Gasteiger partial charge >= 0.3 is 0 Å². The summed E-state index contributed by atoms with van der Waals surface area (Å²) in [4.78, 5) is 2.05. The van der Waals surface area contributed by atoms with Crippen LogP contribution in [0.5, 0.6) is 0 Å². The fourth-order valence-corrected chi connectivity index (χ4v) is 2.60. The van der Waals surface area contributed by atoms with E-state index < -0.39 is 0 Å². The molecule has 0 aliphatic carbocycles. The van der Waals surface area contributed by atoms with Gasteiger partial charge in [0, 0.05) is 30.3 Å². The molecule has 0 aromatic heterocycles. The fourth-order valence-electron chi connectivity index (χ4n) is 2.26. The van der Waals surface area contributed by atoms with Crippen LogP contribution in [0.4, 0.5) is 10.1 Å². The number of nitrogens with one attached hydrogen (secondary N) is 1. The molecule has 0 radical (unpaired) electrons. The van der Waals surface area contributed by atoms with E-state index in [1.54, 1.807) is 12.1 Å². The lowest BCUT2D eigenvalue weighted by Crippen LogP contribution is -2.17. The quantitative estimate of drug-likeness (QED) is 0.881. The molecule has 0 aliphatic heterocycles. The van der Waals surface area contributed by atoms with E-state index >= 15 is 0 Å². The van der Waals surface area contributed by atoms with E-state index in [4.69, 9.17) is 11.6 Å². The van der Waals surface area contributed by atoms with E-state index in [9.17, 15) is 4.39 Å². The Morgan fingerprint density at radius 2 is 2.00 bits per heavy atom. The van der Waals surface area contributed by atoms with Crippen molar-refractivity contribution in [3.8, 4) is 0 Å². The molecule has 2 aromatic rings. The molecule has 0 saturated heterocycles. The average molecular weight is 307 g/mol. The van der Waals surface area contributed by atoms with E-state index in [2.05, 4.69) is 17.1 Å². The molecule has 1 N–H and O–H groups in total. The minimum absolute atomic E-state index is 0.208. The first-order chi connectivity index (χ1) is 10.0. The van der Waals surface area contributed by atoms with Gasteiger partial charge in [-0.15, -0.1) is 0 Å². The Balaban J connectivity index is 2.16. The lowest BCUT2D eigenvalue weighted by molar-refractivity contribution is 0.625. The van der Waals surface area contributed by atoms with Crippen LogP contribution in [0.2, 0.25) is 5.02 Å². The van der Waals surface area contributed by atoms with Gasteiger partial charge in [0.05, 0.1) is 0 Å². The molecule has 2 aromatic carbocycles. The number of halogens is 2. The van der Waals surface area contributed by atoms with Crippen molar-refractivity contribution in [2.24, 2.45) is 0 Å². The first kappa shape index (κ1) is 15.8. The second kappa shape index (κ2) is 6.92. The van der Waals surface area contributed by atoms with E-state index in [1.807, 2.05) is 38.4 Å². The highest BCUT2D eigenvalue weighted by Gasteiger charge is 2.10. The standard InChI is InChI=1S/C17H20ClFN2/c1-12(20-2)16-8-7-15(10-17(16)18)21(3)11-13-5-4-6-14(19)9-13/h4-10,12,20H,11H2,1-3H3. The third-order valence-corrected chi connectivity index (χ3v) is 3.96. The monoisotopic (exact) mass is 306 g/mol. The average Bonchev–Trinajstić information content (AvgIpc) is 2.46. The van der Waals surface area contributed by atoms with Gasteiger partial charge in [-0.3, -0.25) is 0 Å². The topological polar surface area (TPSA) is 15.3 Å². The van der Waals surface area contributed by atoms with E-state index in [-0.39, 0.29) is 11.9 Å². The Bertz CT molecular complexity index is 615. The maximum atomic E-state index is 13.2. The molecule has 2 nitrogen and oxygen atoms in total. The summed E-state index contributed by atoms with van der Waals surface area (Å²) < 4.78 is 13.2. The number of hydrogen-bond acceptors (Lipinski definition) is 2. The van der Waals surface area contributed by atoms with E-state index in [0.717, 1.165) is 21.8 Å². The maximum Gasteiger partial charge on any atom is 0.123 e. The molecular formula is C17H20ClFN2. The van der Waals surface area contributed by atoms with Crippen molar-refractivity contribution in [1.82, 2.24) is 5.32 Å². The molecule has 1 unspecified atom stereocenters. The Morgan fingerprint density at radius 1 is 1.24 bits per heavy atom. The molecule has 4 heteroatoms. The van der Waals surface area contributed by atoms with Crippen molar-refractivity contribution in [2.75, 3.05) is 19.0 Å². The predicted molar refractivity (Wildman–Crippen MR) is 87.4 cm³/mol. The largest absolute Gasteiger partial charge is 0.370 e. The Labute approximate surface area is 130 Å². The summed E-state index contributed by atoms with van der Waals surface area (Å²) in [6, 6.07) is 12.9. The number of anilines is 1. The molecule has 0 spiro atoms. The van der Waals surface area contributed by atoms with Gasteiger partial charge in [-0.05, 0) is 49.4 Å². The number of benzene rings is 2. The van der Waals surface area contributed by atoms with Crippen LogP contribution in [0.25, 0.3) is 0 Å². The van der Waals surface area contributed by atoms with Crippen LogP contribution in [0.3, 0.4) is 0 Å². The first-order valence-corrected chi connectivity index (χ1v) is 7.31. The molecule has 112 valence electrons. The molecular weight excluding hydrogens is 287 g/mol. The van der Waals surface area contributed by atoms with Crippen molar-refractivity contribution in [3.05, 3.63) is 64.4 Å². The van der Waals surface area contributed by atoms with Gasteiger partial charge in [0.15, 0.2) is 0 Å². The van der Waals surface area contributed by atoms with Crippen LogP contribution in [0.15, 0.2) is 42.5 Å².